The van der Waals surface area contributed by atoms with Crippen LogP contribution in [-0.4, -0.2) is 23.1 Å². The smallest absolute Gasteiger partial charge is 0.160 e. The Morgan fingerprint density at radius 3 is 2.62 bits per heavy atom. The highest BCUT2D eigenvalue weighted by molar-refractivity contribution is 6.31. The number of hydrogen-bond acceptors (Lipinski definition) is 1. The van der Waals surface area contributed by atoms with Crippen LogP contribution >= 0.6 is 11.6 Å². The predicted molar refractivity (Wildman–Crippen MR) is 93.0 cm³/mol. The third-order valence-corrected chi connectivity index (χ3v) is 5.24. The summed E-state index contributed by atoms with van der Waals surface area (Å²) in [6.45, 7) is 3.09. The van der Waals surface area contributed by atoms with E-state index in [9.17, 15) is 8.78 Å². The highest BCUT2D eigenvalue weighted by Crippen LogP contribution is 2.39. The largest absolute Gasteiger partial charge is 0.312 e. The van der Waals surface area contributed by atoms with E-state index >= 15 is 0 Å². The fraction of sp³-hybridized carbons (Fsp3) is 0.263. The van der Waals surface area contributed by atoms with E-state index in [-0.39, 0.29) is 6.04 Å². The Balaban J connectivity index is 2.08. The molecule has 0 saturated heterocycles. The summed E-state index contributed by atoms with van der Waals surface area (Å²) < 4.78 is 29.2. The van der Waals surface area contributed by atoms with Gasteiger partial charge in [0, 0.05) is 40.4 Å². The first-order chi connectivity index (χ1) is 11.5. The normalized spacial score (nSPS) is 18.1. The Labute approximate surface area is 144 Å². The summed E-state index contributed by atoms with van der Waals surface area (Å²) in [6, 6.07) is 9.97. The third kappa shape index (κ3) is 2.25. The average Bonchev–Trinajstić information content (AvgIpc) is 2.88. The van der Waals surface area contributed by atoms with Crippen LogP contribution < -0.4 is 0 Å². The molecule has 4 rings (SSSR count). The van der Waals surface area contributed by atoms with Crippen LogP contribution in [0, 0.1) is 11.6 Å². The molecule has 0 spiro atoms. The van der Waals surface area contributed by atoms with Crippen molar-refractivity contribution in [1.82, 2.24) is 9.47 Å². The molecular formula is C19H17ClF2N2. The molecule has 124 valence electrons. The second-order valence-electron chi connectivity index (χ2n) is 6.37. The van der Waals surface area contributed by atoms with Crippen molar-refractivity contribution in [2.45, 2.75) is 19.4 Å². The maximum atomic E-state index is 13.8. The fourth-order valence-electron chi connectivity index (χ4n) is 3.64. The first-order valence-electron chi connectivity index (χ1n) is 7.96. The number of benzene rings is 2. The fourth-order valence-corrected chi connectivity index (χ4v) is 3.81. The van der Waals surface area contributed by atoms with E-state index in [1.165, 1.54) is 17.7 Å². The number of rotatable bonds is 1. The van der Waals surface area contributed by atoms with Gasteiger partial charge in [-0.25, -0.2) is 8.78 Å². The van der Waals surface area contributed by atoms with E-state index in [2.05, 4.69) is 18.9 Å². The summed E-state index contributed by atoms with van der Waals surface area (Å²) in [4.78, 5) is 2.26. The molecule has 3 aromatic rings. The lowest BCUT2D eigenvalue weighted by Gasteiger charge is -2.31. The van der Waals surface area contributed by atoms with Gasteiger partial charge in [-0.3, -0.25) is 4.90 Å². The molecule has 0 amide bonds. The Kier molecular flexibility index (Phi) is 3.62. The van der Waals surface area contributed by atoms with E-state index in [4.69, 9.17) is 11.6 Å². The van der Waals surface area contributed by atoms with Gasteiger partial charge in [0.1, 0.15) is 0 Å². The van der Waals surface area contributed by atoms with Crippen molar-refractivity contribution in [3.63, 3.8) is 0 Å². The van der Waals surface area contributed by atoms with Crippen LogP contribution in [0.15, 0.2) is 36.4 Å². The van der Waals surface area contributed by atoms with Crippen molar-refractivity contribution in [2.75, 3.05) is 13.6 Å². The SMILES string of the molecule is CC1c2c(c3cc(Cl)ccc3n2-c2ccc(F)c(F)c2)CCN1C. The third-order valence-electron chi connectivity index (χ3n) is 5.01. The Morgan fingerprint density at radius 1 is 1.08 bits per heavy atom. The predicted octanol–water partition coefficient (Wildman–Crippen LogP) is 5.11. The van der Waals surface area contributed by atoms with E-state index in [0.717, 1.165) is 29.6 Å². The molecule has 1 aliphatic rings. The van der Waals surface area contributed by atoms with E-state index in [0.29, 0.717) is 10.7 Å². The van der Waals surface area contributed by atoms with Gasteiger partial charge in [0.15, 0.2) is 11.6 Å². The standard InChI is InChI=1S/C19H17ClF2N2/c1-11-19-14(7-8-23(11)2)15-9-12(20)3-6-18(15)24(19)13-4-5-16(21)17(22)10-13/h3-6,9-11H,7-8H2,1-2H3. The minimum atomic E-state index is -0.839. The minimum absolute atomic E-state index is 0.174. The quantitative estimate of drug-likeness (QED) is 0.594. The molecular weight excluding hydrogens is 330 g/mol. The zero-order valence-corrected chi connectivity index (χ0v) is 14.2. The lowest BCUT2D eigenvalue weighted by atomic mass is 9.99. The van der Waals surface area contributed by atoms with E-state index < -0.39 is 11.6 Å². The topological polar surface area (TPSA) is 8.17 Å². The van der Waals surface area contributed by atoms with Crippen molar-refractivity contribution in [3.8, 4) is 5.69 Å². The first kappa shape index (κ1) is 15.6. The lowest BCUT2D eigenvalue weighted by Crippen LogP contribution is -2.31. The summed E-state index contributed by atoms with van der Waals surface area (Å²) in [5.41, 5.74) is 3.96. The van der Waals surface area contributed by atoms with Crippen LogP contribution in [0.1, 0.15) is 24.2 Å². The lowest BCUT2D eigenvalue weighted by molar-refractivity contribution is 0.241. The van der Waals surface area contributed by atoms with Gasteiger partial charge in [0.2, 0.25) is 0 Å². The van der Waals surface area contributed by atoms with E-state index in [1.807, 2.05) is 22.8 Å². The maximum absolute atomic E-state index is 13.8. The van der Waals surface area contributed by atoms with Crippen LogP contribution in [0.4, 0.5) is 8.78 Å². The number of aromatic nitrogens is 1. The number of nitrogens with zero attached hydrogens (tertiary/aromatic N) is 2. The summed E-state index contributed by atoms with van der Waals surface area (Å²) in [6.07, 6.45) is 0.906. The van der Waals surface area contributed by atoms with E-state index in [1.54, 1.807) is 6.07 Å². The van der Waals surface area contributed by atoms with Gasteiger partial charge in [-0.2, -0.15) is 0 Å². The van der Waals surface area contributed by atoms with Crippen molar-refractivity contribution in [2.24, 2.45) is 0 Å². The van der Waals surface area contributed by atoms with Crippen molar-refractivity contribution in [1.29, 1.82) is 0 Å². The maximum Gasteiger partial charge on any atom is 0.160 e. The highest BCUT2D eigenvalue weighted by atomic mass is 35.5. The molecule has 1 aliphatic heterocycles. The Hall–Kier alpha value is -1.91. The van der Waals surface area contributed by atoms with Crippen LogP contribution in [0.25, 0.3) is 16.6 Å². The molecule has 2 nitrogen and oxygen atoms in total. The molecule has 1 atom stereocenters. The van der Waals surface area contributed by atoms with Gasteiger partial charge in [0.05, 0.1) is 5.52 Å². The summed E-state index contributed by atoms with van der Waals surface area (Å²) in [5.74, 6) is -1.67. The summed E-state index contributed by atoms with van der Waals surface area (Å²) in [7, 11) is 2.08. The number of halogens is 3. The highest BCUT2D eigenvalue weighted by Gasteiger charge is 2.29. The second-order valence-corrected chi connectivity index (χ2v) is 6.80. The Morgan fingerprint density at radius 2 is 1.88 bits per heavy atom. The molecule has 0 bridgehead atoms. The number of hydrogen-bond donors (Lipinski definition) is 0. The van der Waals surface area contributed by atoms with Gasteiger partial charge in [-0.1, -0.05) is 11.6 Å². The molecule has 0 N–H and O–H groups in total. The van der Waals surface area contributed by atoms with Gasteiger partial charge < -0.3 is 4.57 Å². The van der Waals surface area contributed by atoms with Gasteiger partial charge in [0.25, 0.3) is 0 Å². The molecule has 1 unspecified atom stereocenters. The van der Waals surface area contributed by atoms with Gasteiger partial charge in [-0.15, -0.1) is 0 Å². The van der Waals surface area contributed by atoms with Crippen molar-refractivity contribution < 1.29 is 8.78 Å². The van der Waals surface area contributed by atoms with Gasteiger partial charge in [-0.05, 0) is 56.3 Å². The summed E-state index contributed by atoms with van der Waals surface area (Å²) in [5, 5.41) is 1.77. The molecule has 0 radical (unpaired) electrons. The number of likely N-dealkylation sites (N-methyl/N-ethyl adjacent to an activating group) is 1. The van der Waals surface area contributed by atoms with Gasteiger partial charge >= 0.3 is 0 Å². The van der Waals surface area contributed by atoms with Crippen LogP contribution in [-0.2, 0) is 6.42 Å². The monoisotopic (exact) mass is 346 g/mol. The molecule has 5 heteroatoms. The van der Waals surface area contributed by atoms with Crippen molar-refractivity contribution in [3.05, 3.63) is 64.3 Å². The molecule has 0 saturated carbocycles. The zero-order chi connectivity index (χ0) is 17.0. The van der Waals surface area contributed by atoms with Crippen LogP contribution in [0.3, 0.4) is 0 Å². The molecule has 24 heavy (non-hydrogen) atoms. The Bertz CT molecular complexity index is 948. The van der Waals surface area contributed by atoms with Crippen LogP contribution in [0.2, 0.25) is 5.02 Å². The minimum Gasteiger partial charge on any atom is -0.312 e. The average molecular weight is 347 g/mol. The first-order valence-corrected chi connectivity index (χ1v) is 8.33. The molecule has 0 aliphatic carbocycles. The van der Waals surface area contributed by atoms with Crippen molar-refractivity contribution >= 4 is 22.5 Å². The van der Waals surface area contributed by atoms with Crippen LogP contribution in [0.5, 0.6) is 0 Å². The second kappa shape index (κ2) is 5.57. The molecule has 0 fully saturated rings. The zero-order valence-electron chi connectivity index (χ0n) is 13.5. The molecule has 2 heterocycles. The molecule has 1 aromatic heterocycles. The number of fused-ring (bicyclic) bond motifs is 3. The summed E-state index contributed by atoms with van der Waals surface area (Å²) >= 11 is 6.20. The molecule has 2 aromatic carbocycles.